The van der Waals surface area contributed by atoms with E-state index in [1.54, 1.807) is 0 Å². The van der Waals surface area contributed by atoms with Crippen LogP contribution in [0.2, 0.25) is 0 Å². The molecule has 3 heteroatoms. The molecule has 2 aliphatic rings. The number of ether oxygens (including phenoxy) is 1. The molecule has 0 spiro atoms. The van der Waals surface area contributed by atoms with Gasteiger partial charge in [-0.2, -0.15) is 0 Å². The van der Waals surface area contributed by atoms with E-state index in [0.29, 0.717) is 6.42 Å². The fourth-order valence-corrected chi connectivity index (χ4v) is 1.78. The van der Waals surface area contributed by atoms with Gasteiger partial charge in [0.05, 0.1) is 6.26 Å². The second-order valence-electron chi connectivity index (χ2n) is 3.50. The van der Waals surface area contributed by atoms with E-state index in [4.69, 9.17) is 9.84 Å². The second-order valence-corrected chi connectivity index (χ2v) is 3.50. The van der Waals surface area contributed by atoms with E-state index in [1.807, 2.05) is 6.08 Å². The van der Waals surface area contributed by atoms with Gasteiger partial charge in [0.15, 0.2) is 0 Å². The fourth-order valence-electron chi connectivity index (χ4n) is 1.78. The summed E-state index contributed by atoms with van der Waals surface area (Å²) in [6.07, 6.45) is 6.87. The third kappa shape index (κ3) is 1.00. The van der Waals surface area contributed by atoms with Gasteiger partial charge in [-0.05, 0) is 25.3 Å². The molecule has 0 unspecified atom stereocenters. The van der Waals surface area contributed by atoms with E-state index in [9.17, 15) is 4.79 Å². The molecule has 12 heavy (non-hydrogen) atoms. The Morgan fingerprint density at radius 1 is 1.58 bits per heavy atom. The Hall–Kier alpha value is -0.990. The van der Waals surface area contributed by atoms with E-state index in [-0.39, 0.29) is 5.92 Å². The van der Waals surface area contributed by atoms with Crippen molar-refractivity contribution in [3.8, 4) is 0 Å². The zero-order valence-corrected chi connectivity index (χ0v) is 6.82. The van der Waals surface area contributed by atoms with Gasteiger partial charge in [-0.1, -0.05) is 0 Å². The summed E-state index contributed by atoms with van der Waals surface area (Å²) in [5.41, 5.74) is -0.880. The van der Waals surface area contributed by atoms with Crippen LogP contribution in [0.4, 0.5) is 0 Å². The standard InChI is InChI=1S/C9H12O3/c10-8(11)9(7-3-4-7)5-1-2-6-12-9/h2,6-7H,1,3-5H2,(H,10,11)/t9-/m1/s1. The fraction of sp³-hybridized carbons (Fsp3) is 0.667. The quantitative estimate of drug-likeness (QED) is 0.680. The molecule has 0 bridgehead atoms. The van der Waals surface area contributed by atoms with Gasteiger partial charge in [-0.25, -0.2) is 4.79 Å². The summed E-state index contributed by atoms with van der Waals surface area (Å²) < 4.78 is 5.27. The van der Waals surface area contributed by atoms with Crippen LogP contribution in [0.25, 0.3) is 0 Å². The van der Waals surface area contributed by atoms with E-state index >= 15 is 0 Å². The topological polar surface area (TPSA) is 46.5 Å². The first-order valence-electron chi connectivity index (χ1n) is 4.32. The number of carbonyl (C=O) groups is 1. The van der Waals surface area contributed by atoms with Gasteiger partial charge in [0.25, 0.3) is 0 Å². The van der Waals surface area contributed by atoms with Gasteiger partial charge in [0, 0.05) is 12.3 Å². The van der Waals surface area contributed by atoms with Gasteiger partial charge in [0.2, 0.25) is 5.60 Å². The predicted molar refractivity (Wildman–Crippen MR) is 42.5 cm³/mol. The highest BCUT2D eigenvalue weighted by atomic mass is 16.5. The maximum absolute atomic E-state index is 11.0. The number of carboxylic acid groups (broad SMARTS) is 1. The Balaban J connectivity index is 2.20. The molecule has 0 aromatic carbocycles. The third-order valence-corrected chi connectivity index (χ3v) is 2.66. The van der Waals surface area contributed by atoms with Crippen LogP contribution in [0.15, 0.2) is 12.3 Å². The first-order valence-corrected chi connectivity index (χ1v) is 4.32. The molecule has 0 saturated heterocycles. The van der Waals surface area contributed by atoms with E-state index < -0.39 is 11.6 Å². The molecule has 1 N–H and O–H groups in total. The highest BCUT2D eigenvalue weighted by Crippen LogP contribution is 2.46. The highest BCUT2D eigenvalue weighted by molar-refractivity contribution is 5.78. The van der Waals surface area contributed by atoms with E-state index in [1.165, 1.54) is 6.26 Å². The third-order valence-electron chi connectivity index (χ3n) is 2.66. The summed E-state index contributed by atoms with van der Waals surface area (Å²) >= 11 is 0. The van der Waals surface area contributed by atoms with Gasteiger partial charge in [-0.15, -0.1) is 0 Å². The number of hydrogen-bond acceptors (Lipinski definition) is 2. The van der Waals surface area contributed by atoms with Crippen LogP contribution in [0.5, 0.6) is 0 Å². The maximum Gasteiger partial charge on any atom is 0.348 e. The van der Waals surface area contributed by atoms with Crippen LogP contribution >= 0.6 is 0 Å². The van der Waals surface area contributed by atoms with E-state index in [2.05, 4.69) is 0 Å². The lowest BCUT2D eigenvalue weighted by Gasteiger charge is -2.30. The Kier molecular flexibility index (Phi) is 1.60. The molecule has 0 aromatic rings. The summed E-state index contributed by atoms with van der Waals surface area (Å²) in [7, 11) is 0. The molecule has 0 amide bonds. The number of hydrogen-bond donors (Lipinski definition) is 1. The van der Waals surface area contributed by atoms with Crippen LogP contribution in [0.1, 0.15) is 25.7 Å². The molecule has 3 nitrogen and oxygen atoms in total. The molecule has 1 heterocycles. The maximum atomic E-state index is 11.0. The van der Waals surface area contributed by atoms with Crippen molar-refractivity contribution in [1.82, 2.24) is 0 Å². The summed E-state index contributed by atoms with van der Waals surface area (Å²) in [6, 6.07) is 0. The minimum Gasteiger partial charge on any atom is -0.483 e. The predicted octanol–water partition coefficient (Wildman–Crippen LogP) is 1.54. The highest BCUT2D eigenvalue weighted by Gasteiger charge is 2.53. The van der Waals surface area contributed by atoms with Crippen molar-refractivity contribution in [2.45, 2.75) is 31.3 Å². The van der Waals surface area contributed by atoms with Crippen LogP contribution in [-0.2, 0) is 9.53 Å². The number of carboxylic acids is 1. The molecule has 1 aliphatic carbocycles. The SMILES string of the molecule is O=C(O)[C@]1(C2CC2)CCC=CO1. The van der Waals surface area contributed by atoms with Crippen molar-refractivity contribution < 1.29 is 14.6 Å². The van der Waals surface area contributed by atoms with Crippen molar-refractivity contribution in [3.05, 3.63) is 12.3 Å². The lowest BCUT2D eigenvalue weighted by Crippen LogP contribution is -2.43. The summed E-state index contributed by atoms with van der Waals surface area (Å²) in [5, 5.41) is 9.04. The molecular formula is C9H12O3. The molecular weight excluding hydrogens is 156 g/mol. The lowest BCUT2D eigenvalue weighted by molar-refractivity contribution is -0.163. The molecule has 0 aromatic heterocycles. The van der Waals surface area contributed by atoms with Crippen molar-refractivity contribution in [2.75, 3.05) is 0 Å². The number of allylic oxidation sites excluding steroid dienone is 1. The number of rotatable bonds is 2. The van der Waals surface area contributed by atoms with Crippen molar-refractivity contribution in [3.63, 3.8) is 0 Å². The van der Waals surface area contributed by atoms with Gasteiger partial charge in [0.1, 0.15) is 0 Å². The monoisotopic (exact) mass is 168 g/mol. The Morgan fingerprint density at radius 3 is 2.75 bits per heavy atom. The smallest absolute Gasteiger partial charge is 0.348 e. The summed E-state index contributed by atoms with van der Waals surface area (Å²) in [6.45, 7) is 0. The van der Waals surface area contributed by atoms with Gasteiger partial charge >= 0.3 is 5.97 Å². The normalized spacial score (nSPS) is 34.3. The average molecular weight is 168 g/mol. The van der Waals surface area contributed by atoms with Gasteiger partial charge < -0.3 is 9.84 Å². The van der Waals surface area contributed by atoms with Crippen molar-refractivity contribution in [1.29, 1.82) is 0 Å². The largest absolute Gasteiger partial charge is 0.483 e. The second kappa shape index (κ2) is 2.51. The lowest BCUT2D eigenvalue weighted by atomic mass is 9.90. The Morgan fingerprint density at radius 2 is 2.33 bits per heavy atom. The molecule has 1 fully saturated rings. The minimum atomic E-state index is -0.880. The van der Waals surface area contributed by atoms with E-state index in [0.717, 1.165) is 19.3 Å². The average Bonchev–Trinajstić information content (AvgIpc) is 2.88. The van der Waals surface area contributed by atoms with Crippen molar-refractivity contribution >= 4 is 5.97 Å². The minimum absolute atomic E-state index is 0.250. The van der Waals surface area contributed by atoms with Crippen LogP contribution in [0.3, 0.4) is 0 Å². The first kappa shape index (κ1) is 7.65. The molecule has 66 valence electrons. The molecule has 1 aliphatic heterocycles. The van der Waals surface area contributed by atoms with Gasteiger partial charge in [-0.3, -0.25) is 0 Å². The number of aliphatic carboxylic acids is 1. The molecule has 1 atom stereocenters. The first-order chi connectivity index (χ1) is 5.76. The zero-order valence-electron chi connectivity index (χ0n) is 6.82. The summed E-state index contributed by atoms with van der Waals surface area (Å²) in [4.78, 5) is 11.0. The van der Waals surface area contributed by atoms with Crippen LogP contribution in [-0.4, -0.2) is 16.7 Å². The Labute approximate surface area is 71.0 Å². The Bertz CT molecular complexity index is 230. The summed E-state index contributed by atoms with van der Waals surface area (Å²) in [5.74, 6) is -0.547. The van der Waals surface area contributed by atoms with Crippen LogP contribution in [0, 0.1) is 5.92 Å². The zero-order chi connectivity index (χ0) is 8.60. The molecule has 1 saturated carbocycles. The van der Waals surface area contributed by atoms with Crippen molar-refractivity contribution in [2.24, 2.45) is 5.92 Å². The molecule has 0 radical (unpaired) electrons. The van der Waals surface area contributed by atoms with Crippen LogP contribution < -0.4 is 0 Å². The molecule has 2 rings (SSSR count).